The molecular formula is C61H78B3Cl2NO9. The topological polar surface area (TPSA) is 121 Å². The fraction of sp³-hybridized carbons (Fsp3) is 0.607. The van der Waals surface area contributed by atoms with Crippen LogP contribution < -0.4 is 5.73 Å². The van der Waals surface area contributed by atoms with E-state index >= 15 is 0 Å². The molecule has 15 atom stereocenters. The Bertz CT molecular complexity index is 2780. The maximum absolute atomic E-state index is 6.75. The Morgan fingerprint density at radius 1 is 0.487 bits per heavy atom. The Kier molecular flexibility index (Phi) is 13.3. The van der Waals surface area contributed by atoms with Crippen molar-refractivity contribution in [2.24, 2.45) is 57.5 Å². The number of hydrogen-bond donors (Lipinski definition) is 1. The van der Waals surface area contributed by atoms with Crippen LogP contribution in [0, 0.1) is 51.8 Å². The van der Waals surface area contributed by atoms with Gasteiger partial charge in [-0.3, -0.25) is 0 Å². The van der Waals surface area contributed by atoms with Crippen molar-refractivity contribution in [3.63, 3.8) is 0 Å². The van der Waals surface area contributed by atoms with Crippen molar-refractivity contribution in [1.29, 1.82) is 0 Å². The first-order valence-electron chi connectivity index (χ1n) is 28.4. The number of benzene rings is 3. The molecule has 3 aliphatic heterocycles. The van der Waals surface area contributed by atoms with Crippen molar-refractivity contribution in [3.8, 4) is 0 Å². The average molecular weight is 1070 g/mol. The molecule has 18 rings (SSSR count). The van der Waals surface area contributed by atoms with Crippen molar-refractivity contribution in [2.45, 2.75) is 179 Å². The predicted octanol–water partition coefficient (Wildman–Crippen LogP) is 13.9. The van der Waals surface area contributed by atoms with E-state index in [4.69, 9.17) is 58.5 Å². The lowest BCUT2D eigenvalue weighted by Gasteiger charge is -2.64. The number of alkyl halides is 1. The molecular weight excluding hydrogens is 994 g/mol. The molecule has 76 heavy (non-hydrogen) atoms. The molecule has 12 aliphatic rings. The second kappa shape index (κ2) is 18.9. The molecule has 0 amide bonds. The summed E-state index contributed by atoms with van der Waals surface area (Å²) in [5.41, 5.74) is 13.4. The van der Waals surface area contributed by atoms with Gasteiger partial charge in [0, 0.05) is 22.1 Å². The Labute approximate surface area is 462 Å². The van der Waals surface area contributed by atoms with E-state index in [-0.39, 0.29) is 80.1 Å². The van der Waals surface area contributed by atoms with Gasteiger partial charge in [0.2, 0.25) is 0 Å². The minimum absolute atomic E-state index is 0. The standard InChI is InChI=1S/C21H27BO3.C20H24BClO3.C20H26BNO3.ClH/c1-13(9-14-12-23-17-8-6-5-7-16(14)17)22-24-19-11-15-10-18(20(15,2)3)21(19,4)25-22;2*1-19(2)13-9-16(19)20(3)17(10-13)24-21(25-20)18(22)8-12-11-23-15-7-5-4-6-14(12)15;/h5-8,12-13,15,18-19H,9-11H2,1-4H3;4-7,11,13,16-18H,8-10H2,1-3H3;4-7,11,13,16-18H,8-10,22H2,1-3H3;1H/t13-,15-,18-,19+,21-;13-,16-,17+,18+,20-;13-,16-,17+,18-,20-;/m000./s1. The fourth-order valence-electron chi connectivity index (χ4n) is 17.0. The van der Waals surface area contributed by atoms with E-state index in [1.807, 2.05) is 67.3 Å². The van der Waals surface area contributed by atoms with Crippen LogP contribution in [0.3, 0.4) is 0 Å². The highest BCUT2D eigenvalue weighted by atomic mass is 35.5. The average Bonchev–Trinajstić information content (AvgIpc) is 4.37. The van der Waals surface area contributed by atoms with Crippen molar-refractivity contribution >= 4 is 78.3 Å². The largest absolute Gasteiger partial charge is 0.477 e. The zero-order valence-electron chi connectivity index (χ0n) is 46.2. The van der Waals surface area contributed by atoms with E-state index in [9.17, 15) is 0 Å². The Hall–Kier alpha value is -3.23. The SMILES string of the molecule is CC1(C)[C@@H]2C[C@H]3OB([C@@H](N)Cc4coc5ccccc45)O[C@@]3(C)[C@H]1C2.CC1(C)[C@@H]2C[C@H]3OB([C@H](Cl)Cc4coc5ccccc45)O[C@@]3(C)[C@H]1C2.C[C@@H](Cc1coc2ccccc12)B1O[C@@H]2C[C@@H]3C[C@@H](C3(C)C)[C@]2(C)O1.Cl. The molecule has 15 heteroatoms. The lowest BCUT2D eigenvalue weighted by atomic mass is 9.43. The number of halogens is 2. The molecule has 404 valence electrons. The Morgan fingerprint density at radius 2 is 0.829 bits per heavy atom. The first-order valence-corrected chi connectivity index (χ1v) is 28.9. The first kappa shape index (κ1) is 53.4. The molecule has 0 unspecified atom stereocenters. The number of nitrogens with two attached hydrogens (primary N) is 1. The van der Waals surface area contributed by atoms with Gasteiger partial charge in [-0.05, 0) is 171 Å². The van der Waals surface area contributed by atoms with Crippen LogP contribution in [0.1, 0.15) is 124 Å². The third-order valence-corrected chi connectivity index (χ3v) is 22.5. The van der Waals surface area contributed by atoms with Gasteiger partial charge >= 0.3 is 21.4 Å². The minimum atomic E-state index is -0.347. The summed E-state index contributed by atoms with van der Waals surface area (Å²) in [6.07, 6.45) is 15.6. The molecule has 3 aromatic carbocycles. The van der Waals surface area contributed by atoms with E-state index in [0.29, 0.717) is 52.7 Å². The predicted molar refractivity (Wildman–Crippen MR) is 304 cm³/mol. The molecule has 3 aromatic heterocycles. The monoisotopic (exact) mass is 1070 g/mol. The van der Waals surface area contributed by atoms with Gasteiger partial charge in [0.25, 0.3) is 0 Å². The maximum atomic E-state index is 6.75. The quantitative estimate of drug-likeness (QED) is 0.111. The molecule has 0 radical (unpaired) electrons. The van der Waals surface area contributed by atoms with Crippen molar-refractivity contribution < 1.29 is 41.2 Å². The summed E-state index contributed by atoms with van der Waals surface area (Å²) < 4.78 is 55.6. The summed E-state index contributed by atoms with van der Waals surface area (Å²) in [7, 11) is -0.793. The lowest BCUT2D eigenvalue weighted by molar-refractivity contribution is -0.199. The van der Waals surface area contributed by atoms with Gasteiger partial charge < -0.3 is 46.9 Å². The van der Waals surface area contributed by atoms with Gasteiger partial charge in [-0.15, -0.1) is 24.0 Å². The normalized spacial score (nSPS) is 36.5. The highest BCUT2D eigenvalue weighted by Crippen LogP contribution is 2.68. The van der Waals surface area contributed by atoms with E-state index in [0.717, 1.165) is 82.1 Å². The van der Waals surface area contributed by atoms with Gasteiger partial charge in [0.15, 0.2) is 0 Å². The summed E-state index contributed by atoms with van der Waals surface area (Å²) >= 11 is 6.75. The van der Waals surface area contributed by atoms with Crippen LogP contribution in [0.5, 0.6) is 0 Å². The van der Waals surface area contributed by atoms with Crippen LogP contribution in [0.2, 0.25) is 5.82 Å². The van der Waals surface area contributed by atoms with E-state index in [1.54, 1.807) is 0 Å². The Morgan fingerprint density at radius 3 is 1.25 bits per heavy atom. The van der Waals surface area contributed by atoms with Crippen molar-refractivity contribution in [3.05, 3.63) is 108 Å². The number of fused-ring (bicyclic) bond motifs is 3. The second-order valence-electron chi connectivity index (χ2n) is 27.1. The van der Waals surface area contributed by atoms with Gasteiger partial charge in [0.1, 0.15) is 16.7 Å². The molecule has 0 spiro atoms. The summed E-state index contributed by atoms with van der Waals surface area (Å²) in [5, 5.41) is 3.24. The number of para-hydroxylation sites is 3. The van der Waals surface area contributed by atoms with Crippen LogP contribution in [0.15, 0.2) is 105 Å². The van der Waals surface area contributed by atoms with Gasteiger partial charge in [-0.2, -0.15) is 0 Å². The first-order chi connectivity index (χ1) is 35.7. The van der Waals surface area contributed by atoms with Crippen LogP contribution in [-0.2, 0) is 47.2 Å². The number of hydrogen-bond acceptors (Lipinski definition) is 10. The summed E-state index contributed by atoms with van der Waals surface area (Å²) in [4.78, 5) is 0. The smallest absolute Gasteiger partial charge is 0.464 e. The molecule has 12 fully saturated rings. The fourth-order valence-corrected chi connectivity index (χ4v) is 17.2. The van der Waals surface area contributed by atoms with Gasteiger partial charge in [-0.1, -0.05) is 103 Å². The Balaban J connectivity index is 0.000000114. The molecule has 10 nitrogen and oxygen atoms in total. The zero-order chi connectivity index (χ0) is 52.2. The van der Waals surface area contributed by atoms with E-state index < -0.39 is 0 Å². The van der Waals surface area contributed by atoms with Crippen LogP contribution in [0.25, 0.3) is 32.9 Å². The third-order valence-electron chi connectivity index (χ3n) is 22.1. The minimum Gasteiger partial charge on any atom is -0.464 e. The van der Waals surface area contributed by atoms with E-state index in [2.05, 4.69) is 93.5 Å². The zero-order valence-corrected chi connectivity index (χ0v) is 47.8. The molecule has 6 aromatic rings. The van der Waals surface area contributed by atoms with Crippen LogP contribution >= 0.6 is 24.0 Å². The van der Waals surface area contributed by atoms with Crippen molar-refractivity contribution in [2.75, 3.05) is 0 Å². The van der Waals surface area contributed by atoms with Gasteiger partial charge in [-0.25, -0.2) is 0 Å². The molecule has 2 N–H and O–H groups in total. The molecule has 9 aliphatic carbocycles. The van der Waals surface area contributed by atoms with Crippen LogP contribution in [0.4, 0.5) is 0 Å². The molecule has 9 saturated carbocycles. The highest BCUT2D eigenvalue weighted by molar-refractivity contribution is 6.60. The molecule has 6 bridgehead atoms. The van der Waals surface area contributed by atoms with Crippen molar-refractivity contribution in [1.82, 2.24) is 0 Å². The maximum Gasteiger partial charge on any atom is 0.477 e. The third kappa shape index (κ3) is 8.30. The summed E-state index contributed by atoms with van der Waals surface area (Å²) in [5.74, 6) is 4.17. The molecule has 3 saturated heterocycles. The number of furan rings is 3. The summed E-state index contributed by atoms with van der Waals surface area (Å²) in [6, 6.07) is 24.4. The highest BCUT2D eigenvalue weighted by Gasteiger charge is 2.71. The van der Waals surface area contributed by atoms with Gasteiger partial charge in [0.05, 0.1) is 59.2 Å². The van der Waals surface area contributed by atoms with Crippen LogP contribution in [-0.4, -0.2) is 67.7 Å². The summed E-state index contributed by atoms with van der Waals surface area (Å²) in [6.45, 7) is 23.3. The number of rotatable bonds is 9. The molecule has 6 heterocycles. The van der Waals surface area contributed by atoms with E-state index in [1.165, 1.54) is 30.2 Å². The second-order valence-corrected chi connectivity index (χ2v) is 27.6. The lowest BCUT2D eigenvalue weighted by Crippen LogP contribution is -2.65.